The van der Waals surface area contributed by atoms with Crippen LogP contribution < -0.4 is 21.3 Å². The molecular formula is C43H67N5O14. The maximum absolute atomic E-state index is 13.6. The molecule has 1 fully saturated rings. The number of carbonyl (C=O) groups is 9. The average molecular weight is 878 g/mol. The number of hydrogen-bond acceptors (Lipinski definition) is 14. The highest BCUT2D eigenvalue weighted by molar-refractivity contribution is 6.20. The molecule has 2 unspecified atom stereocenters. The number of esters is 3. The molecule has 0 aliphatic carbocycles. The third kappa shape index (κ3) is 25.8. The van der Waals surface area contributed by atoms with Crippen molar-refractivity contribution in [3.8, 4) is 0 Å². The summed E-state index contributed by atoms with van der Waals surface area (Å²) in [4.78, 5) is 111. The number of ketones is 1. The van der Waals surface area contributed by atoms with Gasteiger partial charge in [-0.2, -0.15) is 0 Å². The van der Waals surface area contributed by atoms with E-state index in [0.29, 0.717) is 96.7 Å². The van der Waals surface area contributed by atoms with Crippen LogP contribution in [0.15, 0.2) is 38.0 Å². The summed E-state index contributed by atoms with van der Waals surface area (Å²) in [5.74, 6) is -4.76. The van der Waals surface area contributed by atoms with Gasteiger partial charge in [0.05, 0.1) is 44.8 Å². The molecule has 348 valence electrons. The summed E-state index contributed by atoms with van der Waals surface area (Å²) in [6, 6.07) is -0.389. The van der Waals surface area contributed by atoms with E-state index in [1.807, 2.05) is 0 Å². The van der Waals surface area contributed by atoms with Gasteiger partial charge in [0.15, 0.2) is 5.78 Å². The molecule has 0 radical (unpaired) electrons. The third-order valence-electron chi connectivity index (χ3n) is 9.45. The fourth-order valence-electron chi connectivity index (χ4n) is 6.16. The predicted molar refractivity (Wildman–Crippen MR) is 226 cm³/mol. The van der Waals surface area contributed by atoms with Crippen LogP contribution in [0.25, 0.3) is 0 Å². The van der Waals surface area contributed by atoms with Gasteiger partial charge >= 0.3 is 36.1 Å². The Morgan fingerprint density at radius 3 is 1.27 bits per heavy atom. The first-order chi connectivity index (χ1) is 29.9. The smallest absolute Gasteiger partial charge is 0.407 e. The van der Waals surface area contributed by atoms with Crippen molar-refractivity contribution in [2.45, 2.75) is 103 Å². The second-order valence-corrected chi connectivity index (χ2v) is 14.3. The van der Waals surface area contributed by atoms with Crippen LogP contribution in [-0.2, 0) is 52.5 Å². The maximum Gasteiger partial charge on any atom is 0.407 e. The number of urea groups is 1. The molecule has 1 aliphatic heterocycles. The number of alkyl carbamates (subject to hydrolysis) is 2. The molecule has 1 aliphatic rings. The van der Waals surface area contributed by atoms with E-state index in [9.17, 15) is 43.2 Å². The van der Waals surface area contributed by atoms with Gasteiger partial charge < -0.3 is 45.0 Å². The lowest BCUT2D eigenvalue weighted by atomic mass is 9.80. The molecule has 0 saturated carbocycles. The van der Waals surface area contributed by atoms with Gasteiger partial charge in [0.2, 0.25) is 11.8 Å². The molecule has 0 aromatic rings. The number of likely N-dealkylation sites (tertiary alicyclic amines) is 1. The molecule has 4 N–H and O–H groups in total. The Balaban J connectivity index is 2.54. The average Bonchev–Trinajstić information content (AvgIpc) is 3.26. The molecular weight excluding hydrogens is 810 g/mol. The van der Waals surface area contributed by atoms with E-state index in [2.05, 4.69) is 41.0 Å². The van der Waals surface area contributed by atoms with E-state index >= 15 is 0 Å². The number of Topliss-reactive ketones (excluding diaryl/α,β-unsaturated/α-hetero) is 1. The van der Waals surface area contributed by atoms with Gasteiger partial charge in [-0.15, -0.1) is 0 Å². The molecule has 62 heavy (non-hydrogen) atoms. The molecule has 19 nitrogen and oxygen atoms in total. The fourth-order valence-corrected chi connectivity index (χ4v) is 6.16. The fraction of sp³-hybridized carbons (Fsp3) is 0.651. The van der Waals surface area contributed by atoms with Crippen molar-refractivity contribution < 1.29 is 66.8 Å². The zero-order valence-corrected chi connectivity index (χ0v) is 36.1. The van der Waals surface area contributed by atoms with Crippen LogP contribution in [0.1, 0.15) is 103 Å². The maximum atomic E-state index is 13.6. The van der Waals surface area contributed by atoms with Crippen LogP contribution in [-0.4, -0.2) is 124 Å². The molecule has 19 heteroatoms. The van der Waals surface area contributed by atoms with Crippen molar-refractivity contribution in [2.24, 2.45) is 11.8 Å². The highest BCUT2D eigenvalue weighted by Gasteiger charge is 2.46. The lowest BCUT2D eigenvalue weighted by Gasteiger charge is -2.35. The van der Waals surface area contributed by atoms with Crippen molar-refractivity contribution in [1.82, 2.24) is 26.2 Å². The zero-order chi connectivity index (χ0) is 45.8. The second-order valence-electron chi connectivity index (χ2n) is 14.3. The largest absolute Gasteiger partial charge is 0.462 e. The van der Waals surface area contributed by atoms with Crippen LogP contribution in [0, 0.1) is 11.8 Å². The Kier molecular flexibility index (Phi) is 30.6. The number of carbonyl (C=O) groups excluding carboxylic acids is 9. The monoisotopic (exact) mass is 877 g/mol. The molecule has 6 amide bonds. The second kappa shape index (κ2) is 34.9. The van der Waals surface area contributed by atoms with E-state index in [0.717, 1.165) is 43.9 Å². The number of rotatable bonds is 35. The van der Waals surface area contributed by atoms with Gasteiger partial charge in [-0.25, -0.2) is 28.8 Å². The van der Waals surface area contributed by atoms with Gasteiger partial charge in [0.1, 0.15) is 6.61 Å². The molecule has 2 atom stereocenters. The number of piperidine rings is 1. The van der Waals surface area contributed by atoms with E-state index in [4.69, 9.17) is 23.7 Å². The summed E-state index contributed by atoms with van der Waals surface area (Å²) in [5, 5.41) is 10.6. The van der Waals surface area contributed by atoms with Gasteiger partial charge in [-0.3, -0.25) is 19.3 Å². The molecule has 0 aromatic carbocycles. The Morgan fingerprint density at radius 1 is 0.452 bits per heavy atom. The van der Waals surface area contributed by atoms with Crippen molar-refractivity contribution >= 4 is 53.7 Å². The summed E-state index contributed by atoms with van der Waals surface area (Å²) < 4.78 is 24.5. The molecule has 0 aromatic heterocycles. The number of imide groups is 1. The molecule has 1 heterocycles. The molecule has 1 saturated heterocycles. The number of hydrogen-bond donors (Lipinski definition) is 4. The quantitative estimate of drug-likeness (QED) is 0.0173. The van der Waals surface area contributed by atoms with Crippen LogP contribution in [0.4, 0.5) is 14.4 Å². The van der Waals surface area contributed by atoms with Crippen molar-refractivity contribution in [2.75, 3.05) is 65.8 Å². The van der Waals surface area contributed by atoms with Crippen LogP contribution in [0.5, 0.6) is 0 Å². The summed E-state index contributed by atoms with van der Waals surface area (Å²) in [6.45, 7) is 11.9. The molecule has 0 spiro atoms. The minimum Gasteiger partial charge on any atom is -0.462 e. The standard InChI is InChI=1S/C43H67N5O14/c1-4-35(49)58-28-19-30-61-42(56)46-24-16-10-8-14-22-34-38(52)33(21-13-7-9-15-23-44-41(55)45-26-32-60-37(51)6-3)39(53)48(40(34)54)27-18-12-11-17-25-47-43(57)62-31-20-29-59-36(50)5-2/h4-6,33-34H,1-3,7-32H2,(H,46,56)(H,47,57)(H2,44,45,55). The van der Waals surface area contributed by atoms with Crippen LogP contribution in [0.3, 0.4) is 0 Å². The first-order valence-corrected chi connectivity index (χ1v) is 21.5. The predicted octanol–water partition coefficient (Wildman–Crippen LogP) is 4.34. The van der Waals surface area contributed by atoms with Crippen molar-refractivity contribution in [1.29, 1.82) is 0 Å². The lowest BCUT2D eigenvalue weighted by molar-refractivity contribution is -0.161. The van der Waals surface area contributed by atoms with Crippen LogP contribution in [0.2, 0.25) is 0 Å². The van der Waals surface area contributed by atoms with Gasteiger partial charge in [-0.05, 0) is 38.5 Å². The highest BCUT2D eigenvalue weighted by Crippen LogP contribution is 2.29. The number of nitrogens with one attached hydrogen (secondary N) is 4. The number of unbranched alkanes of at least 4 members (excludes halogenated alkanes) is 9. The normalized spacial score (nSPS) is 14.5. The van der Waals surface area contributed by atoms with Crippen LogP contribution >= 0.6 is 0 Å². The minimum absolute atomic E-state index is 0.0270. The Hall–Kier alpha value is -5.75. The number of nitrogens with zero attached hydrogens (tertiary/aromatic N) is 1. The van der Waals surface area contributed by atoms with E-state index < -0.39 is 53.7 Å². The van der Waals surface area contributed by atoms with E-state index in [1.165, 1.54) is 4.90 Å². The summed E-state index contributed by atoms with van der Waals surface area (Å²) in [7, 11) is 0. The molecule has 0 bridgehead atoms. The number of amides is 6. The lowest BCUT2D eigenvalue weighted by Crippen LogP contribution is -2.55. The van der Waals surface area contributed by atoms with Gasteiger partial charge in [0.25, 0.3) is 0 Å². The molecule has 1 rings (SSSR count). The number of ether oxygens (including phenoxy) is 5. The Labute approximate surface area is 364 Å². The van der Waals surface area contributed by atoms with E-state index in [-0.39, 0.29) is 57.9 Å². The SMILES string of the molecule is C=CC(=O)OCCCOC(=O)NCCCCCCC1C(=O)C(CCCCCCNC(=O)NCCOC(=O)C=C)C(=O)N(CCCCCCNC(=O)OCCCOC(=O)C=C)C1=O. The van der Waals surface area contributed by atoms with E-state index in [1.54, 1.807) is 0 Å². The summed E-state index contributed by atoms with van der Waals surface area (Å²) >= 11 is 0. The summed E-state index contributed by atoms with van der Waals surface area (Å²) in [5.41, 5.74) is 0. The van der Waals surface area contributed by atoms with Crippen molar-refractivity contribution in [3.63, 3.8) is 0 Å². The topological polar surface area (TPSA) is 251 Å². The third-order valence-corrected chi connectivity index (χ3v) is 9.45. The highest BCUT2D eigenvalue weighted by atomic mass is 16.6. The zero-order valence-electron chi connectivity index (χ0n) is 36.1. The Bertz CT molecular complexity index is 1390. The first kappa shape index (κ1) is 54.3. The first-order valence-electron chi connectivity index (χ1n) is 21.5. The summed E-state index contributed by atoms with van der Waals surface area (Å²) in [6.07, 6.45) is 11.4. The van der Waals surface area contributed by atoms with Gasteiger partial charge in [-0.1, -0.05) is 71.1 Å². The van der Waals surface area contributed by atoms with Gasteiger partial charge in [0, 0.05) is 57.2 Å². The Morgan fingerprint density at radius 2 is 0.823 bits per heavy atom. The van der Waals surface area contributed by atoms with Crippen molar-refractivity contribution in [3.05, 3.63) is 38.0 Å². The minimum atomic E-state index is -0.913.